The molecule has 158 valence electrons. The number of hydrogen-bond acceptors (Lipinski definition) is 2. The SMILES string of the molecule is Cc1ccc([C@@H](CN2CCCC2)N(C)C(=O)C2c3ccccc3-c3ccccc32)cc1. The molecule has 3 nitrogen and oxygen atoms in total. The van der Waals surface area contributed by atoms with Gasteiger partial charge in [-0.3, -0.25) is 4.79 Å². The number of benzene rings is 3. The zero-order valence-corrected chi connectivity index (χ0v) is 18.4. The fraction of sp³-hybridized carbons (Fsp3) is 0.321. The summed E-state index contributed by atoms with van der Waals surface area (Å²) in [5.41, 5.74) is 7.10. The number of carbonyl (C=O) groups excluding carboxylic acids is 1. The molecule has 1 aliphatic carbocycles. The molecule has 1 heterocycles. The first kappa shape index (κ1) is 20.0. The number of amides is 1. The van der Waals surface area contributed by atoms with Gasteiger partial charge in [-0.2, -0.15) is 0 Å². The molecule has 0 aromatic heterocycles. The van der Waals surface area contributed by atoms with E-state index in [1.165, 1.54) is 35.1 Å². The summed E-state index contributed by atoms with van der Waals surface area (Å²) in [5, 5.41) is 0. The van der Waals surface area contributed by atoms with Gasteiger partial charge in [-0.05, 0) is 60.7 Å². The molecule has 0 N–H and O–H groups in total. The lowest BCUT2D eigenvalue weighted by Gasteiger charge is -2.34. The smallest absolute Gasteiger partial charge is 0.234 e. The Labute approximate surface area is 185 Å². The third-order valence-corrected chi connectivity index (χ3v) is 6.99. The van der Waals surface area contributed by atoms with E-state index in [1.807, 2.05) is 24.1 Å². The first-order chi connectivity index (χ1) is 15.1. The van der Waals surface area contributed by atoms with E-state index in [0.717, 1.165) is 30.8 Å². The molecule has 0 unspecified atom stereocenters. The average Bonchev–Trinajstić information content (AvgIpc) is 3.43. The molecule has 1 fully saturated rings. The monoisotopic (exact) mass is 410 g/mol. The number of likely N-dealkylation sites (tertiary alicyclic amines) is 1. The van der Waals surface area contributed by atoms with E-state index in [-0.39, 0.29) is 17.9 Å². The number of rotatable bonds is 5. The molecule has 3 heteroatoms. The number of carbonyl (C=O) groups is 1. The third kappa shape index (κ3) is 3.68. The summed E-state index contributed by atoms with van der Waals surface area (Å²) >= 11 is 0. The molecule has 5 rings (SSSR count). The van der Waals surface area contributed by atoms with E-state index in [0.29, 0.717) is 0 Å². The lowest BCUT2D eigenvalue weighted by Crippen LogP contribution is -2.40. The van der Waals surface area contributed by atoms with Crippen molar-refractivity contribution in [1.82, 2.24) is 9.80 Å². The van der Waals surface area contributed by atoms with Gasteiger partial charge in [0.1, 0.15) is 0 Å². The molecule has 1 amide bonds. The Kier molecular flexibility index (Phi) is 5.37. The topological polar surface area (TPSA) is 23.6 Å². The van der Waals surface area contributed by atoms with Crippen LogP contribution in [0.3, 0.4) is 0 Å². The van der Waals surface area contributed by atoms with Crippen molar-refractivity contribution in [1.29, 1.82) is 0 Å². The molecule has 1 atom stereocenters. The Morgan fingerprint density at radius 2 is 1.45 bits per heavy atom. The third-order valence-electron chi connectivity index (χ3n) is 6.99. The van der Waals surface area contributed by atoms with Gasteiger partial charge in [-0.1, -0.05) is 78.4 Å². The molecule has 0 saturated carbocycles. The van der Waals surface area contributed by atoms with E-state index in [2.05, 4.69) is 72.5 Å². The zero-order valence-electron chi connectivity index (χ0n) is 18.4. The molecule has 2 aliphatic rings. The standard InChI is InChI=1S/C28H30N2O/c1-20-13-15-21(16-14-20)26(19-30-17-7-8-18-30)29(2)28(31)27-24-11-5-3-9-22(24)23-10-4-6-12-25(23)27/h3-6,9-16,26-27H,7-8,17-19H2,1-2H3/t26-/m1/s1. The minimum Gasteiger partial charge on any atom is -0.337 e. The molecule has 0 radical (unpaired) electrons. The van der Waals surface area contributed by atoms with Crippen molar-refractivity contribution < 1.29 is 4.79 Å². The van der Waals surface area contributed by atoms with Gasteiger partial charge in [0.2, 0.25) is 5.91 Å². The second kappa shape index (κ2) is 8.32. The van der Waals surface area contributed by atoms with Crippen molar-refractivity contribution in [3.05, 3.63) is 95.1 Å². The van der Waals surface area contributed by atoms with Crippen LogP contribution in [-0.2, 0) is 4.79 Å². The van der Waals surface area contributed by atoms with Gasteiger partial charge in [0.15, 0.2) is 0 Å². The molecule has 0 bridgehead atoms. The van der Waals surface area contributed by atoms with Crippen LogP contribution in [0.2, 0.25) is 0 Å². The zero-order chi connectivity index (χ0) is 21.4. The van der Waals surface area contributed by atoms with Gasteiger partial charge in [0.25, 0.3) is 0 Å². The summed E-state index contributed by atoms with van der Waals surface area (Å²) in [6, 6.07) is 25.5. The molecule has 0 spiro atoms. The molecule has 1 saturated heterocycles. The second-order valence-corrected chi connectivity index (χ2v) is 8.99. The second-order valence-electron chi connectivity index (χ2n) is 8.99. The lowest BCUT2D eigenvalue weighted by molar-refractivity contribution is -0.133. The van der Waals surface area contributed by atoms with Crippen molar-refractivity contribution in [2.24, 2.45) is 0 Å². The maximum Gasteiger partial charge on any atom is 0.234 e. The molecular formula is C28H30N2O. The molecular weight excluding hydrogens is 380 g/mol. The highest BCUT2D eigenvalue weighted by atomic mass is 16.2. The summed E-state index contributed by atoms with van der Waals surface area (Å²) in [5.74, 6) is -0.0499. The summed E-state index contributed by atoms with van der Waals surface area (Å²) in [6.07, 6.45) is 2.50. The van der Waals surface area contributed by atoms with E-state index in [4.69, 9.17) is 0 Å². The summed E-state index contributed by atoms with van der Waals surface area (Å²) in [4.78, 5) is 18.5. The van der Waals surface area contributed by atoms with Crippen LogP contribution in [-0.4, -0.2) is 42.4 Å². The van der Waals surface area contributed by atoms with Crippen LogP contribution in [0.5, 0.6) is 0 Å². The average molecular weight is 411 g/mol. The van der Waals surface area contributed by atoms with Crippen LogP contribution in [0, 0.1) is 6.92 Å². The van der Waals surface area contributed by atoms with E-state index < -0.39 is 0 Å². The number of hydrogen-bond donors (Lipinski definition) is 0. The van der Waals surface area contributed by atoms with Gasteiger partial charge in [-0.25, -0.2) is 0 Å². The van der Waals surface area contributed by atoms with E-state index in [1.54, 1.807) is 0 Å². The van der Waals surface area contributed by atoms with Crippen molar-refractivity contribution in [3.63, 3.8) is 0 Å². The summed E-state index contributed by atoms with van der Waals surface area (Å²) in [7, 11) is 1.99. The number of likely N-dealkylation sites (N-methyl/N-ethyl adjacent to an activating group) is 1. The van der Waals surface area contributed by atoms with Crippen molar-refractivity contribution in [2.75, 3.05) is 26.7 Å². The van der Waals surface area contributed by atoms with Crippen LogP contribution in [0.4, 0.5) is 0 Å². The molecule has 31 heavy (non-hydrogen) atoms. The van der Waals surface area contributed by atoms with Gasteiger partial charge < -0.3 is 9.80 Å². The number of nitrogens with zero attached hydrogens (tertiary/aromatic N) is 2. The van der Waals surface area contributed by atoms with Gasteiger partial charge in [0, 0.05) is 13.6 Å². The molecule has 3 aromatic carbocycles. The minimum atomic E-state index is -0.232. The van der Waals surface area contributed by atoms with Gasteiger partial charge >= 0.3 is 0 Å². The van der Waals surface area contributed by atoms with Crippen LogP contribution in [0.1, 0.15) is 47.1 Å². The van der Waals surface area contributed by atoms with Crippen molar-refractivity contribution in [3.8, 4) is 11.1 Å². The number of fused-ring (bicyclic) bond motifs is 3. The Morgan fingerprint density at radius 1 is 0.903 bits per heavy atom. The summed E-state index contributed by atoms with van der Waals surface area (Å²) in [6.45, 7) is 5.25. The fourth-order valence-corrected chi connectivity index (χ4v) is 5.23. The highest BCUT2D eigenvalue weighted by Crippen LogP contribution is 2.45. The van der Waals surface area contributed by atoms with Crippen LogP contribution in [0.15, 0.2) is 72.8 Å². The Hall–Kier alpha value is -2.91. The predicted octanol–water partition coefficient (Wildman–Crippen LogP) is 5.40. The van der Waals surface area contributed by atoms with Crippen LogP contribution >= 0.6 is 0 Å². The highest BCUT2D eigenvalue weighted by molar-refractivity contribution is 5.96. The molecule has 3 aromatic rings. The van der Waals surface area contributed by atoms with E-state index in [9.17, 15) is 4.79 Å². The predicted molar refractivity (Wildman–Crippen MR) is 126 cm³/mol. The quantitative estimate of drug-likeness (QED) is 0.562. The van der Waals surface area contributed by atoms with Crippen molar-refractivity contribution in [2.45, 2.75) is 31.7 Å². The largest absolute Gasteiger partial charge is 0.337 e. The Morgan fingerprint density at radius 3 is 2.03 bits per heavy atom. The summed E-state index contributed by atoms with van der Waals surface area (Å²) < 4.78 is 0. The maximum absolute atomic E-state index is 14.0. The first-order valence-electron chi connectivity index (χ1n) is 11.4. The number of aryl methyl sites for hydroxylation is 1. The maximum atomic E-state index is 14.0. The van der Waals surface area contributed by atoms with E-state index >= 15 is 0 Å². The highest BCUT2D eigenvalue weighted by Gasteiger charge is 2.37. The van der Waals surface area contributed by atoms with Gasteiger partial charge in [-0.15, -0.1) is 0 Å². The lowest BCUT2D eigenvalue weighted by atomic mass is 9.94. The minimum absolute atomic E-state index is 0.0473. The van der Waals surface area contributed by atoms with Crippen LogP contribution < -0.4 is 0 Å². The Bertz CT molecular complexity index is 1040. The first-order valence-corrected chi connectivity index (χ1v) is 11.4. The molecule has 1 aliphatic heterocycles. The van der Waals surface area contributed by atoms with Crippen LogP contribution in [0.25, 0.3) is 11.1 Å². The fourth-order valence-electron chi connectivity index (χ4n) is 5.23. The van der Waals surface area contributed by atoms with Gasteiger partial charge in [0.05, 0.1) is 12.0 Å². The normalized spacial score (nSPS) is 16.7. The Balaban J connectivity index is 1.51. The van der Waals surface area contributed by atoms with Crippen molar-refractivity contribution >= 4 is 5.91 Å².